The number of hydrogen-bond acceptors (Lipinski definition) is 8. The minimum absolute atomic E-state index is 0.0793. The Morgan fingerprint density at radius 1 is 1.22 bits per heavy atom. The van der Waals surface area contributed by atoms with Crippen LogP contribution in [0.25, 0.3) is 22.6 Å². The summed E-state index contributed by atoms with van der Waals surface area (Å²) in [7, 11) is 0. The van der Waals surface area contributed by atoms with Crippen molar-refractivity contribution in [2.24, 2.45) is 11.1 Å². The quantitative estimate of drug-likeness (QED) is 0.391. The van der Waals surface area contributed by atoms with E-state index in [4.69, 9.17) is 25.3 Å². The minimum atomic E-state index is -0.674. The number of nitrogens with zero attached hydrogens (tertiary/aromatic N) is 3. The average molecular weight is 442 g/mol. The fourth-order valence-corrected chi connectivity index (χ4v) is 3.29. The van der Waals surface area contributed by atoms with Crippen molar-refractivity contribution in [1.82, 2.24) is 19.9 Å². The van der Waals surface area contributed by atoms with Crippen LogP contribution in [0.5, 0.6) is 0 Å². The Labute approximate surface area is 185 Å². The number of nitrogens with two attached hydrogens (primary N) is 1. The van der Waals surface area contributed by atoms with Crippen LogP contribution in [0.1, 0.15) is 25.5 Å². The van der Waals surface area contributed by atoms with Crippen molar-refractivity contribution in [2.75, 3.05) is 38.2 Å². The summed E-state index contributed by atoms with van der Waals surface area (Å²) in [6, 6.07) is 7.85. The molecular formula is C22H27FN6O3. The van der Waals surface area contributed by atoms with E-state index in [1.807, 2.05) is 6.92 Å². The van der Waals surface area contributed by atoms with Gasteiger partial charge in [0.1, 0.15) is 5.82 Å². The van der Waals surface area contributed by atoms with E-state index in [9.17, 15) is 4.39 Å². The van der Waals surface area contributed by atoms with Crippen molar-refractivity contribution in [3.8, 4) is 22.6 Å². The van der Waals surface area contributed by atoms with Gasteiger partial charge >= 0.3 is 0 Å². The molecule has 0 aliphatic carbocycles. The van der Waals surface area contributed by atoms with Crippen LogP contribution in [-0.2, 0) is 9.47 Å². The molecular weight excluding hydrogens is 415 g/mol. The molecule has 0 radical (unpaired) electrons. The molecule has 0 unspecified atom stereocenters. The van der Waals surface area contributed by atoms with Crippen molar-refractivity contribution in [2.45, 2.75) is 19.6 Å². The zero-order valence-electron chi connectivity index (χ0n) is 17.8. The van der Waals surface area contributed by atoms with Crippen molar-refractivity contribution in [1.29, 1.82) is 0 Å². The van der Waals surface area contributed by atoms with Gasteiger partial charge in [0.25, 0.3) is 0 Å². The Morgan fingerprint density at radius 2 is 1.97 bits per heavy atom. The number of rotatable bonds is 8. The van der Waals surface area contributed by atoms with Gasteiger partial charge < -0.3 is 30.6 Å². The van der Waals surface area contributed by atoms with Gasteiger partial charge in [0.15, 0.2) is 5.82 Å². The van der Waals surface area contributed by atoms with Crippen molar-refractivity contribution in [3.05, 3.63) is 48.2 Å². The van der Waals surface area contributed by atoms with Crippen molar-refractivity contribution >= 4 is 5.95 Å². The number of anilines is 1. The predicted molar refractivity (Wildman–Crippen MR) is 117 cm³/mol. The molecule has 32 heavy (non-hydrogen) atoms. The smallest absolute Gasteiger partial charge is 0.223 e. The lowest BCUT2D eigenvalue weighted by molar-refractivity contribution is -0.231. The third kappa shape index (κ3) is 4.94. The van der Waals surface area contributed by atoms with Crippen LogP contribution in [0.15, 0.2) is 36.5 Å². The maximum atomic E-state index is 13.5. The summed E-state index contributed by atoms with van der Waals surface area (Å²) in [6.07, 6.45) is 1.55. The number of aliphatic hydroxyl groups excluding tert-OH is 1. The first-order chi connectivity index (χ1) is 15.5. The molecule has 3 heterocycles. The first kappa shape index (κ1) is 22.3. The van der Waals surface area contributed by atoms with Crippen LogP contribution in [0, 0.1) is 11.2 Å². The van der Waals surface area contributed by atoms with E-state index < -0.39 is 6.29 Å². The fraction of sp³-hybridized carbons (Fsp3) is 0.409. The number of imidazole rings is 1. The maximum absolute atomic E-state index is 13.5. The second-order valence-electron chi connectivity index (χ2n) is 8.09. The molecule has 1 saturated heterocycles. The van der Waals surface area contributed by atoms with Crippen LogP contribution in [0.4, 0.5) is 10.3 Å². The van der Waals surface area contributed by atoms with Gasteiger partial charge in [-0.05, 0) is 36.8 Å². The third-order valence-corrected chi connectivity index (χ3v) is 5.25. The highest BCUT2D eigenvalue weighted by atomic mass is 19.1. The molecule has 1 aromatic carbocycles. The molecule has 9 nitrogen and oxygen atoms in total. The molecule has 0 saturated carbocycles. The van der Waals surface area contributed by atoms with E-state index in [1.165, 1.54) is 12.1 Å². The van der Waals surface area contributed by atoms with Gasteiger partial charge in [0.2, 0.25) is 12.2 Å². The van der Waals surface area contributed by atoms with Crippen LogP contribution in [-0.4, -0.2) is 58.0 Å². The minimum Gasteiger partial charge on any atom is -0.396 e. The molecule has 0 amide bonds. The summed E-state index contributed by atoms with van der Waals surface area (Å²) in [5.41, 5.74) is 8.14. The Morgan fingerprint density at radius 3 is 2.66 bits per heavy atom. The van der Waals surface area contributed by atoms with Gasteiger partial charge in [0, 0.05) is 36.9 Å². The maximum Gasteiger partial charge on any atom is 0.223 e. The molecule has 0 spiro atoms. The number of aliphatic hydroxyl groups is 1. The van der Waals surface area contributed by atoms with Gasteiger partial charge in [-0.15, -0.1) is 0 Å². The van der Waals surface area contributed by atoms with Gasteiger partial charge in [0.05, 0.1) is 30.3 Å². The molecule has 1 aliphatic rings. The zero-order chi connectivity index (χ0) is 22.6. The summed E-state index contributed by atoms with van der Waals surface area (Å²) in [5, 5.41) is 12.1. The Bertz CT molecular complexity index is 1030. The predicted octanol–water partition coefficient (Wildman–Crippen LogP) is 2.48. The number of nitrogens with one attached hydrogen (secondary N) is 2. The molecule has 0 atom stereocenters. The topological polar surface area (TPSA) is 131 Å². The molecule has 10 heteroatoms. The largest absolute Gasteiger partial charge is 0.396 e. The summed E-state index contributed by atoms with van der Waals surface area (Å²) >= 11 is 0. The van der Waals surface area contributed by atoms with Gasteiger partial charge in [-0.25, -0.2) is 19.3 Å². The van der Waals surface area contributed by atoms with Gasteiger partial charge in [-0.2, -0.15) is 0 Å². The number of hydrogen-bond donors (Lipinski definition) is 4. The first-order valence-corrected chi connectivity index (χ1v) is 10.5. The second kappa shape index (κ2) is 9.70. The monoisotopic (exact) mass is 442 g/mol. The molecule has 170 valence electrons. The van der Waals surface area contributed by atoms with E-state index in [1.54, 1.807) is 24.4 Å². The summed E-state index contributed by atoms with van der Waals surface area (Å²) in [5.74, 6) is 0.594. The van der Waals surface area contributed by atoms with Crippen molar-refractivity contribution < 1.29 is 19.0 Å². The van der Waals surface area contributed by atoms with E-state index >= 15 is 0 Å². The van der Waals surface area contributed by atoms with Crippen LogP contribution >= 0.6 is 0 Å². The molecule has 0 bridgehead atoms. The lowest BCUT2D eigenvalue weighted by Gasteiger charge is -2.35. The number of ether oxygens (including phenoxy) is 2. The molecule has 1 aliphatic heterocycles. The molecule has 4 rings (SSSR count). The Kier molecular flexibility index (Phi) is 6.75. The number of benzene rings is 1. The highest BCUT2D eigenvalue weighted by molar-refractivity contribution is 5.77. The lowest BCUT2D eigenvalue weighted by Crippen LogP contribution is -2.42. The van der Waals surface area contributed by atoms with E-state index in [-0.39, 0.29) is 17.8 Å². The van der Waals surface area contributed by atoms with Crippen LogP contribution < -0.4 is 11.1 Å². The fourth-order valence-electron chi connectivity index (χ4n) is 3.29. The number of aromatic nitrogens is 4. The highest BCUT2D eigenvalue weighted by Crippen LogP contribution is 2.35. The molecule has 5 N–H and O–H groups in total. The van der Waals surface area contributed by atoms with Crippen molar-refractivity contribution in [3.63, 3.8) is 0 Å². The first-order valence-electron chi connectivity index (χ1n) is 10.5. The van der Waals surface area contributed by atoms with Gasteiger partial charge in [-0.1, -0.05) is 6.92 Å². The van der Waals surface area contributed by atoms with Gasteiger partial charge in [-0.3, -0.25) is 0 Å². The summed E-state index contributed by atoms with van der Waals surface area (Å²) < 4.78 is 25.3. The molecule has 1 fully saturated rings. The SMILES string of the molecule is CC1(CN)COC(c2nc(-c3ccc(F)cc3)c(-c3ccnc(NCCCO)n3)[nH]2)OC1. The average Bonchev–Trinajstić information content (AvgIpc) is 3.26. The van der Waals surface area contributed by atoms with Crippen LogP contribution in [0.2, 0.25) is 0 Å². The lowest BCUT2D eigenvalue weighted by atomic mass is 9.93. The van der Waals surface area contributed by atoms with Crippen LogP contribution in [0.3, 0.4) is 0 Å². The molecule has 3 aromatic rings. The normalized spacial score (nSPS) is 20.9. The Hall–Kier alpha value is -2.92. The summed E-state index contributed by atoms with van der Waals surface area (Å²) in [4.78, 5) is 16.8. The highest BCUT2D eigenvalue weighted by Gasteiger charge is 2.34. The zero-order valence-corrected chi connectivity index (χ0v) is 17.8. The number of H-pyrrole nitrogens is 1. The number of aromatic amines is 1. The summed E-state index contributed by atoms with van der Waals surface area (Å²) in [6.45, 7) is 3.98. The second-order valence-corrected chi connectivity index (χ2v) is 8.09. The third-order valence-electron chi connectivity index (χ3n) is 5.25. The number of halogens is 1. The standard InChI is InChI=1S/C22H27FN6O3/c1-22(11-24)12-31-20(32-13-22)19-28-17(14-3-5-15(23)6-4-14)18(29-19)16-7-9-26-21(27-16)25-8-2-10-30/h3-7,9,20,30H,2,8,10-13,24H2,1H3,(H,28,29)(H,25,26,27). The van der Waals surface area contributed by atoms with E-state index in [2.05, 4.69) is 20.3 Å². The van der Waals surface area contributed by atoms with E-state index in [0.29, 0.717) is 61.6 Å². The Balaban J connectivity index is 1.68. The molecule has 2 aromatic heterocycles. The van der Waals surface area contributed by atoms with E-state index in [0.717, 1.165) is 5.56 Å².